The molecule has 0 aliphatic carbocycles. The highest BCUT2D eigenvalue weighted by molar-refractivity contribution is 5.93. The normalized spacial score (nSPS) is 17.5. The molecule has 3 N–H and O–H groups in total. The first kappa shape index (κ1) is 16.4. The van der Waals surface area contributed by atoms with Gasteiger partial charge in [-0.3, -0.25) is 9.59 Å². The van der Waals surface area contributed by atoms with Crippen molar-refractivity contribution in [3.8, 4) is 11.4 Å². The lowest BCUT2D eigenvalue weighted by Crippen LogP contribution is -2.37. The Bertz CT molecular complexity index is 779. The Kier molecular flexibility index (Phi) is 5.05. The molecule has 1 fully saturated rings. The Morgan fingerprint density at radius 3 is 3.00 bits per heavy atom. The highest BCUT2D eigenvalue weighted by atomic mass is 16.2. The maximum atomic E-state index is 12.3. The van der Waals surface area contributed by atoms with Crippen LogP contribution in [0.4, 0.5) is 5.69 Å². The Balaban J connectivity index is 1.80. The van der Waals surface area contributed by atoms with E-state index in [1.165, 1.54) is 6.07 Å². The molecule has 0 saturated carbocycles. The Morgan fingerprint density at radius 1 is 1.38 bits per heavy atom. The second-order valence-corrected chi connectivity index (χ2v) is 6.05. The number of piperidine rings is 1. The van der Waals surface area contributed by atoms with Crippen molar-refractivity contribution in [1.82, 2.24) is 15.3 Å². The zero-order valence-corrected chi connectivity index (χ0v) is 13.8. The van der Waals surface area contributed by atoms with E-state index in [-0.39, 0.29) is 17.4 Å². The van der Waals surface area contributed by atoms with E-state index in [1.807, 2.05) is 31.2 Å². The van der Waals surface area contributed by atoms with Crippen LogP contribution < -0.4 is 16.2 Å². The minimum Gasteiger partial charge on any atom is -0.326 e. The molecule has 1 aliphatic heterocycles. The third-order valence-corrected chi connectivity index (χ3v) is 4.23. The van der Waals surface area contributed by atoms with Gasteiger partial charge in [0.25, 0.3) is 5.56 Å². The average molecular weight is 326 g/mol. The molecule has 2 heterocycles. The largest absolute Gasteiger partial charge is 0.326 e. The number of aromatic nitrogens is 2. The number of hydrogen-bond donors (Lipinski definition) is 3. The summed E-state index contributed by atoms with van der Waals surface area (Å²) in [6.07, 6.45) is 2.63. The SMILES string of the molecule is CCc1cc(=O)[nH]c(-c2cccc(NC(=O)C3CCCNC3)c2)n1. The summed E-state index contributed by atoms with van der Waals surface area (Å²) in [4.78, 5) is 31.3. The van der Waals surface area contributed by atoms with Crippen LogP contribution in [0.3, 0.4) is 0 Å². The third-order valence-electron chi connectivity index (χ3n) is 4.23. The molecule has 1 aromatic carbocycles. The molecule has 1 saturated heterocycles. The molecule has 0 bridgehead atoms. The highest BCUT2D eigenvalue weighted by Gasteiger charge is 2.20. The lowest BCUT2D eigenvalue weighted by atomic mass is 9.98. The number of carbonyl (C=O) groups is 1. The number of benzene rings is 1. The van der Waals surface area contributed by atoms with Gasteiger partial charge >= 0.3 is 0 Å². The first-order valence-electron chi connectivity index (χ1n) is 8.38. The summed E-state index contributed by atoms with van der Waals surface area (Å²) in [6.45, 7) is 3.66. The van der Waals surface area contributed by atoms with Crippen molar-refractivity contribution < 1.29 is 4.79 Å². The lowest BCUT2D eigenvalue weighted by molar-refractivity contribution is -0.120. The van der Waals surface area contributed by atoms with E-state index < -0.39 is 0 Å². The molecule has 0 radical (unpaired) electrons. The van der Waals surface area contributed by atoms with Crippen molar-refractivity contribution in [2.75, 3.05) is 18.4 Å². The van der Waals surface area contributed by atoms with Crippen LogP contribution in [0.2, 0.25) is 0 Å². The van der Waals surface area contributed by atoms with Crippen molar-refractivity contribution in [3.05, 3.63) is 46.4 Å². The molecule has 6 nitrogen and oxygen atoms in total. The summed E-state index contributed by atoms with van der Waals surface area (Å²) < 4.78 is 0. The van der Waals surface area contributed by atoms with Crippen LogP contribution in [-0.4, -0.2) is 29.0 Å². The van der Waals surface area contributed by atoms with Gasteiger partial charge in [0.15, 0.2) is 0 Å². The van der Waals surface area contributed by atoms with E-state index in [2.05, 4.69) is 20.6 Å². The first-order valence-corrected chi connectivity index (χ1v) is 8.38. The van der Waals surface area contributed by atoms with Gasteiger partial charge < -0.3 is 15.6 Å². The molecule has 1 aliphatic rings. The van der Waals surface area contributed by atoms with Crippen LogP contribution in [0.5, 0.6) is 0 Å². The van der Waals surface area contributed by atoms with Gasteiger partial charge in [0, 0.05) is 29.6 Å². The maximum absolute atomic E-state index is 12.3. The van der Waals surface area contributed by atoms with Gasteiger partial charge in [-0.15, -0.1) is 0 Å². The zero-order valence-electron chi connectivity index (χ0n) is 13.8. The molecule has 1 atom stereocenters. The number of aryl methyl sites for hydroxylation is 1. The molecule has 0 spiro atoms. The second kappa shape index (κ2) is 7.40. The zero-order chi connectivity index (χ0) is 16.9. The fraction of sp³-hybridized carbons (Fsp3) is 0.389. The number of rotatable bonds is 4. The van der Waals surface area contributed by atoms with Gasteiger partial charge in [0.05, 0.1) is 5.92 Å². The third kappa shape index (κ3) is 3.89. The molecule has 126 valence electrons. The number of hydrogen-bond acceptors (Lipinski definition) is 4. The van der Waals surface area contributed by atoms with Crippen molar-refractivity contribution >= 4 is 11.6 Å². The van der Waals surface area contributed by atoms with Crippen LogP contribution in [0.25, 0.3) is 11.4 Å². The number of nitrogens with zero attached hydrogens (tertiary/aromatic N) is 1. The maximum Gasteiger partial charge on any atom is 0.251 e. The average Bonchev–Trinajstić information content (AvgIpc) is 2.62. The Labute approximate surface area is 140 Å². The van der Waals surface area contributed by atoms with Crippen molar-refractivity contribution in [2.24, 2.45) is 5.92 Å². The van der Waals surface area contributed by atoms with Crippen LogP contribution >= 0.6 is 0 Å². The Hall–Kier alpha value is -2.47. The molecule has 1 unspecified atom stereocenters. The lowest BCUT2D eigenvalue weighted by Gasteiger charge is -2.22. The van der Waals surface area contributed by atoms with Crippen LogP contribution in [-0.2, 0) is 11.2 Å². The molecule has 3 rings (SSSR count). The number of anilines is 1. The summed E-state index contributed by atoms with van der Waals surface area (Å²) in [5.41, 5.74) is 2.07. The number of aromatic amines is 1. The summed E-state index contributed by atoms with van der Waals surface area (Å²) in [5.74, 6) is 0.557. The summed E-state index contributed by atoms with van der Waals surface area (Å²) in [7, 11) is 0. The van der Waals surface area contributed by atoms with E-state index >= 15 is 0 Å². The fourth-order valence-corrected chi connectivity index (χ4v) is 2.89. The predicted molar refractivity (Wildman–Crippen MR) is 93.9 cm³/mol. The van der Waals surface area contributed by atoms with Crippen LogP contribution in [0.1, 0.15) is 25.5 Å². The van der Waals surface area contributed by atoms with E-state index in [9.17, 15) is 9.59 Å². The van der Waals surface area contributed by atoms with Crippen molar-refractivity contribution in [1.29, 1.82) is 0 Å². The molecule has 1 amide bonds. The predicted octanol–water partition coefficient (Wildman–Crippen LogP) is 1.94. The van der Waals surface area contributed by atoms with Crippen molar-refractivity contribution in [3.63, 3.8) is 0 Å². The minimum absolute atomic E-state index is 0.00348. The van der Waals surface area contributed by atoms with E-state index in [1.54, 1.807) is 0 Å². The Morgan fingerprint density at radius 2 is 2.25 bits per heavy atom. The van der Waals surface area contributed by atoms with E-state index in [0.29, 0.717) is 17.9 Å². The number of amides is 1. The number of carbonyl (C=O) groups excluding carboxylic acids is 1. The summed E-state index contributed by atoms with van der Waals surface area (Å²) in [6, 6.07) is 8.91. The summed E-state index contributed by atoms with van der Waals surface area (Å²) in [5, 5.41) is 6.21. The summed E-state index contributed by atoms with van der Waals surface area (Å²) >= 11 is 0. The van der Waals surface area contributed by atoms with Gasteiger partial charge in [0.2, 0.25) is 5.91 Å². The van der Waals surface area contributed by atoms with Gasteiger partial charge in [-0.25, -0.2) is 4.98 Å². The molecule has 2 aromatic rings. The molecule has 24 heavy (non-hydrogen) atoms. The fourth-order valence-electron chi connectivity index (χ4n) is 2.89. The molecule has 6 heteroatoms. The first-order chi connectivity index (χ1) is 11.7. The molecular weight excluding hydrogens is 304 g/mol. The van der Waals surface area contributed by atoms with Gasteiger partial charge in [-0.2, -0.15) is 0 Å². The van der Waals surface area contributed by atoms with E-state index in [4.69, 9.17) is 0 Å². The smallest absolute Gasteiger partial charge is 0.251 e. The van der Waals surface area contributed by atoms with Crippen LogP contribution in [0, 0.1) is 5.92 Å². The van der Waals surface area contributed by atoms with Crippen molar-refractivity contribution in [2.45, 2.75) is 26.2 Å². The topological polar surface area (TPSA) is 86.9 Å². The van der Waals surface area contributed by atoms with Crippen LogP contribution in [0.15, 0.2) is 35.1 Å². The highest BCUT2D eigenvalue weighted by Crippen LogP contribution is 2.20. The van der Waals surface area contributed by atoms with Gasteiger partial charge in [-0.1, -0.05) is 19.1 Å². The van der Waals surface area contributed by atoms with Gasteiger partial charge in [-0.05, 0) is 37.9 Å². The quantitative estimate of drug-likeness (QED) is 0.801. The minimum atomic E-state index is -0.167. The standard InChI is InChI=1S/C18H22N4O2/c1-2-14-10-16(23)22-17(20-14)12-5-3-7-15(9-12)21-18(24)13-6-4-8-19-11-13/h3,5,7,9-10,13,19H,2,4,6,8,11H2,1H3,(H,21,24)(H,20,22,23). The van der Waals surface area contributed by atoms with Gasteiger partial charge in [0.1, 0.15) is 5.82 Å². The molecule has 1 aromatic heterocycles. The molecular formula is C18H22N4O2. The monoisotopic (exact) mass is 326 g/mol. The van der Waals surface area contributed by atoms with E-state index in [0.717, 1.165) is 37.2 Å². The number of H-pyrrole nitrogens is 1. The number of nitrogens with one attached hydrogen (secondary N) is 3. The second-order valence-electron chi connectivity index (χ2n) is 6.05.